The van der Waals surface area contributed by atoms with E-state index in [1.54, 1.807) is 24.3 Å². The summed E-state index contributed by atoms with van der Waals surface area (Å²) >= 11 is 0. The van der Waals surface area contributed by atoms with Crippen LogP contribution in [0.1, 0.15) is 32.2 Å². The molecule has 0 amide bonds. The zero-order valence-electron chi connectivity index (χ0n) is 15.0. The minimum Gasteiger partial charge on any atom is -0.456 e. The molecule has 27 heavy (non-hydrogen) atoms. The minimum atomic E-state index is -1.68. The van der Waals surface area contributed by atoms with E-state index >= 15 is 0 Å². The normalized spacial score (nSPS) is 11.9. The molecule has 0 aliphatic carbocycles. The molecular formula is C19H16BN3O4. The molecule has 0 radical (unpaired) electrons. The molecule has 2 aromatic heterocycles. The van der Waals surface area contributed by atoms with Gasteiger partial charge in [0.05, 0.1) is 11.1 Å². The number of aromatic nitrogens is 2. The molecule has 0 spiro atoms. The zero-order valence-corrected chi connectivity index (χ0v) is 15.0. The molecule has 0 saturated heterocycles. The molecule has 0 bridgehead atoms. The summed E-state index contributed by atoms with van der Waals surface area (Å²) < 4.78 is 11.8. The van der Waals surface area contributed by atoms with E-state index in [-0.39, 0.29) is 16.8 Å². The highest BCUT2D eigenvalue weighted by molar-refractivity contribution is 6.61. The molecule has 2 heterocycles. The highest BCUT2D eigenvalue weighted by atomic mass is 16.4. The van der Waals surface area contributed by atoms with Gasteiger partial charge in [-0.3, -0.25) is 0 Å². The van der Waals surface area contributed by atoms with E-state index in [1.165, 1.54) is 0 Å². The molecule has 2 N–H and O–H groups in total. The van der Waals surface area contributed by atoms with Gasteiger partial charge >= 0.3 is 7.12 Å². The number of nitrogens with zero attached hydrogens (tertiary/aromatic N) is 3. The number of benzene rings is 2. The van der Waals surface area contributed by atoms with Gasteiger partial charge in [-0.1, -0.05) is 39.0 Å². The lowest BCUT2D eigenvalue weighted by Crippen LogP contribution is -2.29. The van der Waals surface area contributed by atoms with E-state index in [4.69, 9.17) is 8.83 Å². The predicted octanol–water partition coefficient (Wildman–Crippen LogP) is 2.48. The van der Waals surface area contributed by atoms with Gasteiger partial charge in [0, 0.05) is 21.7 Å². The Hall–Kier alpha value is -3.15. The van der Waals surface area contributed by atoms with Crippen LogP contribution in [0.15, 0.2) is 39.2 Å². The number of hydrogen-bond donors (Lipinski definition) is 2. The maximum absolute atomic E-state index is 9.63. The second kappa shape index (κ2) is 5.94. The first-order valence-electron chi connectivity index (χ1n) is 8.40. The molecule has 7 nitrogen and oxygen atoms in total. The van der Waals surface area contributed by atoms with Crippen LogP contribution in [0.5, 0.6) is 0 Å². The SMILES string of the molecule is CC(C)(C)c1nnc(-c2c(C#N)ccc3c2oc2c(B(O)O)cccc23)o1. The van der Waals surface area contributed by atoms with E-state index in [2.05, 4.69) is 16.3 Å². The van der Waals surface area contributed by atoms with E-state index < -0.39 is 7.12 Å². The number of para-hydroxylation sites is 1. The maximum atomic E-state index is 9.63. The average Bonchev–Trinajstić information content (AvgIpc) is 3.24. The van der Waals surface area contributed by atoms with E-state index in [1.807, 2.05) is 26.8 Å². The largest absolute Gasteiger partial charge is 0.492 e. The molecule has 0 saturated carbocycles. The zero-order chi connectivity index (χ0) is 19.3. The van der Waals surface area contributed by atoms with Crippen molar-refractivity contribution in [3.8, 4) is 17.5 Å². The van der Waals surface area contributed by atoms with E-state index in [9.17, 15) is 15.3 Å². The maximum Gasteiger partial charge on any atom is 0.492 e. The van der Waals surface area contributed by atoms with Crippen molar-refractivity contribution >= 4 is 34.5 Å². The predicted molar refractivity (Wildman–Crippen MR) is 100 cm³/mol. The number of hydrogen-bond acceptors (Lipinski definition) is 7. The fourth-order valence-corrected chi connectivity index (χ4v) is 3.02. The van der Waals surface area contributed by atoms with Gasteiger partial charge in [0.25, 0.3) is 5.89 Å². The van der Waals surface area contributed by atoms with Gasteiger partial charge in [0.1, 0.15) is 17.2 Å². The summed E-state index contributed by atoms with van der Waals surface area (Å²) in [6.07, 6.45) is 0. The van der Waals surface area contributed by atoms with E-state index in [0.29, 0.717) is 33.6 Å². The van der Waals surface area contributed by atoms with Gasteiger partial charge < -0.3 is 18.9 Å². The van der Waals surface area contributed by atoms with Crippen molar-refractivity contribution in [3.63, 3.8) is 0 Å². The molecule has 4 rings (SSSR count). The van der Waals surface area contributed by atoms with Gasteiger partial charge in [-0.2, -0.15) is 5.26 Å². The molecule has 0 aliphatic rings. The van der Waals surface area contributed by atoms with Gasteiger partial charge in [-0.25, -0.2) is 0 Å². The molecule has 0 atom stereocenters. The topological polar surface area (TPSA) is 116 Å². The highest BCUT2D eigenvalue weighted by Gasteiger charge is 2.27. The Morgan fingerprint density at radius 1 is 1.00 bits per heavy atom. The fourth-order valence-electron chi connectivity index (χ4n) is 3.02. The quantitative estimate of drug-likeness (QED) is 0.527. The van der Waals surface area contributed by atoms with Crippen LogP contribution in [-0.2, 0) is 5.41 Å². The van der Waals surface area contributed by atoms with Crippen molar-refractivity contribution in [1.29, 1.82) is 5.26 Å². The average molecular weight is 361 g/mol. The lowest BCUT2D eigenvalue weighted by molar-refractivity contribution is 0.399. The molecule has 0 unspecified atom stereocenters. The number of furan rings is 1. The van der Waals surface area contributed by atoms with Crippen LogP contribution in [0.2, 0.25) is 0 Å². The third kappa shape index (κ3) is 2.68. The second-order valence-corrected chi connectivity index (χ2v) is 7.34. The Kier molecular flexibility index (Phi) is 3.80. The molecule has 134 valence electrons. The third-order valence-corrected chi connectivity index (χ3v) is 4.38. The number of rotatable bonds is 2. The van der Waals surface area contributed by atoms with Crippen LogP contribution in [0.25, 0.3) is 33.4 Å². The highest BCUT2D eigenvalue weighted by Crippen LogP contribution is 2.37. The Labute approximate surface area is 155 Å². The summed E-state index contributed by atoms with van der Waals surface area (Å²) in [4.78, 5) is 0. The molecular weight excluding hydrogens is 345 g/mol. The summed E-state index contributed by atoms with van der Waals surface area (Å²) in [6, 6.07) is 10.7. The standard InChI is InChI=1S/C19H16BN3O4/c1-19(2,3)18-23-22-17(27-18)14-10(9-21)7-8-12-11-5-4-6-13(20(24)25)15(11)26-16(12)14/h4-8,24-25H,1-3H3. The third-order valence-electron chi connectivity index (χ3n) is 4.38. The molecule has 4 aromatic rings. The Morgan fingerprint density at radius 3 is 2.37 bits per heavy atom. The Bertz CT molecular complexity index is 1210. The number of nitriles is 1. The van der Waals surface area contributed by atoms with Crippen molar-refractivity contribution in [3.05, 3.63) is 41.8 Å². The van der Waals surface area contributed by atoms with Gasteiger partial charge in [-0.15, -0.1) is 10.2 Å². The summed E-state index contributed by atoms with van der Waals surface area (Å²) in [7, 11) is -1.68. The Balaban J connectivity index is 2.07. The lowest BCUT2D eigenvalue weighted by Gasteiger charge is -2.11. The van der Waals surface area contributed by atoms with Crippen LogP contribution in [0, 0.1) is 11.3 Å². The van der Waals surface area contributed by atoms with Crippen molar-refractivity contribution in [2.45, 2.75) is 26.2 Å². The van der Waals surface area contributed by atoms with Crippen molar-refractivity contribution in [2.75, 3.05) is 0 Å². The fraction of sp³-hybridized carbons (Fsp3) is 0.211. The lowest BCUT2D eigenvalue weighted by atomic mass is 9.79. The van der Waals surface area contributed by atoms with Crippen LogP contribution < -0.4 is 5.46 Å². The smallest absolute Gasteiger partial charge is 0.456 e. The van der Waals surface area contributed by atoms with Gasteiger partial charge in [0.2, 0.25) is 5.89 Å². The molecule has 8 heteroatoms. The first-order valence-corrected chi connectivity index (χ1v) is 8.40. The first kappa shape index (κ1) is 17.3. The summed E-state index contributed by atoms with van der Waals surface area (Å²) in [5.74, 6) is 0.633. The molecule has 0 fully saturated rings. The molecule has 0 aliphatic heterocycles. The molecule has 2 aromatic carbocycles. The number of fused-ring (bicyclic) bond motifs is 3. The van der Waals surface area contributed by atoms with Crippen molar-refractivity contribution < 1.29 is 18.9 Å². The van der Waals surface area contributed by atoms with Crippen molar-refractivity contribution in [1.82, 2.24) is 10.2 Å². The van der Waals surface area contributed by atoms with Crippen molar-refractivity contribution in [2.24, 2.45) is 0 Å². The van der Waals surface area contributed by atoms with Gasteiger partial charge in [-0.05, 0) is 12.1 Å². The minimum absolute atomic E-state index is 0.187. The summed E-state index contributed by atoms with van der Waals surface area (Å²) in [5.41, 5.74) is 1.36. The van der Waals surface area contributed by atoms with Crippen LogP contribution in [0.3, 0.4) is 0 Å². The summed E-state index contributed by atoms with van der Waals surface area (Å²) in [5, 5.41) is 38.5. The van der Waals surface area contributed by atoms with Crippen LogP contribution in [0.4, 0.5) is 0 Å². The second-order valence-electron chi connectivity index (χ2n) is 7.34. The summed E-state index contributed by atoms with van der Waals surface area (Å²) in [6.45, 7) is 5.85. The monoisotopic (exact) mass is 361 g/mol. The Morgan fingerprint density at radius 2 is 1.74 bits per heavy atom. The van der Waals surface area contributed by atoms with Gasteiger partial charge in [0.15, 0.2) is 0 Å². The van der Waals surface area contributed by atoms with Crippen LogP contribution in [-0.4, -0.2) is 27.4 Å². The van der Waals surface area contributed by atoms with E-state index in [0.717, 1.165) is 5.39 Å². The first-order chi connectivity index (χ1) is 12.8. The van der Waals surface area contributed by atoms with Crippen LogP contribution >= 0.6 is 0 Å².